The minimum Gasteiger partial charge on any atom is -0.436 e. The summed E-state index contributed by atoms with van der Waals surface area (Å²) in [5.74, 6) is 0.641. The number of rotatable bonds is 2. The number of pyridine rings is 1. The summed E-state index contributed by atoms with van der Waals surface area (Å²) in [6, 6.07) is 19.9. The summed E-state index contributed by atoms with van der Waals surface area (Å²) in [5, 5.41) is 0. The number of fused-ring (bicyclic) bond motifs is 1. The molecule has 4 rings (SSSR count). The summed E-state index contributed by atoms with van der Waals surface area (Å²) in [4.78, 5) is 8.69. The highest BCUT2D eigenvalue weighted by atomic mass is 16.3. The Morgan fingerprint density at radius 1 is 0.762 bits per heavy atom. The van der Waals surface area contributed by atoms with Crippen molar-refractivity contribution < 1.29 is 4.42 Å². The molecule has 0 atom stereocenters. The SMILES string of the molecule is c1cncc(-c2cccc(-c3nc4ccccc4o3)c2)c1. The van der Waals surface area contributed by atoms with Gasteiger partial charge in [0.05, 0.1) is 0 Å². The second-order valence-electron chi connectivity index (χ2n) is 4.81. The van der Waals surface area contributed by atoms with Crippen LogP contribution in [0.15, 0.2) is 77.5 Å². The highest BCUT2D eigenvalue weighted by Crippen LogP contribution is 2.27. The number of oxazole rings is 1. The van der Waals surface area contributed by atoms with Gasteiger partial charge in [-0.2, -0.15) is 0 Å². The first-order chi connectivity index (χ1) is 10.4. The minimum atomic E-state index is 0.641. The van der Waals surface area contributed by atoms with E-state index in [2.05, 4.69) is 22.1 Å². The van der Waals surface area contributed by atoms with Crippen molar-refractivity contribution in [3.05, 3.63) is 73.1 Å². The number of para-hydroxylation sites is 2. The summed E-state index contributed by atoms with van der Waals surface area (Å²) in [7, 11) is 0. The van der Waals surface area contributed by atoms with Crippen molar-refractivity contribution in [3.8, 4) is 22.6 Å². The molecule has 0 unspecified atom stereocenters. The fourth-order valence-corrected chi connectivity index (χ4v) is 2.36. The lowest BCUT2D eigenvalue weighted by Gasteiger charge is -2.02. The van der Waals surface area contributed by atoms with Gasteiger partial charge in [-0.1, -0.05) is 30.3 Å². The van der Waals surface area contributed by atoms with Gasteiger partial charge < -0.3 is 4.42 Å². The Labute approximate surface area is 121 Å². The number of hydrogen-bond donors (Lipinski definition) is 0. The van der Waals surface area contributed by atoms with Gasteiger partial charge in [0, 0.05) is 23.5 Å². The Balaban J connectivity index is 1.82. The largest absolute Gasteiger partial charge is 0.436 e. The topological polar surface area (TPSA) is 38.9 Å². The maximum atomic E-state index is 5.82. The molecule has 2 aromatic heterocycles. The molecule has 3 nitrogen and oxygen atoms in total. The first-order valence-electron chi connectivity index (χ1n) is 6.76. The zero-order valence-electron chi connectivity index (χ0n) is 11.2. The van der Waals surface area contributed by atoms with Crippen LogP contribution in [0.1, 0.15) is 0 Å². The molecular weight excluding hydrogens is 260 g/mol. The van der Waals surface area contributed by atoms with E-state index in [0.29, 0.717) is 5.89 Å². The number of aromatic nitrogens is 2. The fourth-order valence-electron chi connectivity index (χ4n) is 2.36. The number of hydrogen-bond acceptors (Lipinski definition) is 3. The first kappa shape index (κ1) is 11.9. The van der Waals surface area contributed by atoms with E-state index in [1.165, 1.54) is 0 Å². The van der Waals surface area contributed by atoms with Crippen molar-refractivity contribution in [2.24, 2.45) is 0 Å². The van der Waals surface area contributed by atoms with E-state index in [0.717, 1.165) is 27.8 Å². The highest BCUT2D eigenvalue weighted by molar-refractivity contribution is 5.77. The standard InChI is InChI=1S/C18H12N2O/c1-2-9-17-16(8-1)20-18(21-17)14-6-3-5-13(11-14)15-7-4-10-19-12-15/h1-12H. The van der Waals surface area contributed by atoms with Crippen LogP contribution in [-0.4, -0.2) is 9.97 Å². The number of benzene rings is 2. The summed E-state index contributed by atoms with van der Waals surface area (Å²) in [6.45, 7) is 0. The molecule has 0 fully saturated rings. The quantitative estimate of drug-likeness (QED) is 0.537. The highest BCUT2D eigenvalue weighted by Gasteiger charge is 2.08. The van der Waals surface area contributed by atoms with Crippen LogP contribution < -0.4 is 0 Å². The normalized spacial score (nSPS) is 10.9. The van der Waals surface area contributed by atoms with Gasteiger partial charge in [0.2, 0.25) is 5.89 Å². The second kappa shape index (κ2) is 4.87. The molecular formula is C18H12N2O. The summed E-state index contributed by atoms with van der Waals surface area (Å²) < 4.78 is 5.82. The van der Waals surface area contributed by atoms with Crippen molar-refractivity contribution in [2.45, 2.75) is 0 Å². The Hall–Kier alpha value is -2.94. The van der Waals surface area contributed by atoms with Crippen LogP contribution >= 0.6 is 0 Å². The molecule has 21 heavy (non-hydrogen) atoms. The van der Waals surface area contributed by atoms with Gasteiger partial charge in [-0.3, -0.25) is 4.98 Å². The molecule has 4 aromatic rings. The molecule has 0 radical (unpaired) electrons. The lowest BCUT2D eigenvalue weighted by molar-refractivity contribution is 0.620. The van der Waals surface area contributed by atoms with Gasteiger partial charge >= 0.3 is 0 Å². The van der Waals surface area contributed by atoms with E-state index in [9.17, 15) is 0 Å². The minimum absolute atomic E-state index is 0.641. The van der Waals surface area contributed by atoms with Crippen LogP contribution in [0, 0.1) is 0 Å². The van der Waals surface area contributed by atoms with Crippen LogP contribution in [0.3, 0.4) is 0 Å². The van der Waals surface area contributed by atoms with E-state index < -0.39 is 0 Å². The monoisotopic (exact) mass is 272 g/mol. The summed E-state index contributed by atoms with van der Waals surface area (Å²) in [6.07, 6.45) is 3.62. The lowest BCUT2D eigenvalue weighted by Crippen LogP contribution is -1.82. The van der Waals surface area contributed by atoms with Crippen molar-refractivity contribution in [3.63, 3.8) is 0 Å². The van der Waals surface area contributed by atoms with Crippen LogP contribution in [-0.2, 0) is 0 Å². The Morgan fingerprint density at radius 3 is 2.48 bits per heavy atom. The van der Waals surface area contributed by atoms with E-state index in [4.69, 9.17) is 4.42 Å². The molecule has 0 amide bonds. The average Bonchev–Trinajstić information content (AvgIpc) is 3.00. The Morgan fingerprint density at radius 2 is 1.62 bits per heavy atom. The maximum Gasteiger partial charge on any atom is 0.227 e. The van der Waals surface area contributed by atoms with Crippen molar-refractivity contribution in [1.29, 1.82) is 0 Å². The molecule has 0 N–H and O–H groups in total. The molecule has 0 saturated heterocycles. The third kappa shape index (κ3) is 2.19. The number of nitrogens with zero attached hydrogens (tertiary/aromatic N) is 2. The van der Waals surface area contributed by atoms with E-state index in [-0.39, 0.29) is 0 Å². The van der Waals surface area contributed by atoms with Crippen LogP contribution in [0.2, 0.25) is 0 Å². The molecule has 2 heterocycles. The molecule has 0 aliphatic heterocycles. The van der Waals surface area contributed by atoms with Crippen molar-refractivity contribution >= 4 is 11.1 Å². The molecule has 0 spiro atoms. The summed E-state index contributed by atoms with van der Waals surface area (Å²) in [5.41, 5.74) is 4.82. The van der Waals surface area contributed by atoms with Gasteiger partial charge in [0.1, 0.15) is 5.52 Å². The van der Waals surface area contributed by atoms with E-state index in [1.54, 1.807) is 6.20 Å². The smallest absolute Gasteiger partial charge is 0.227 e. The van der Waals surface area contributed by atoms with Gasteiger partial charge in [0.25, 0.3) is 0 Å². The van der Waals surface area contributed by atoms with E-state index in [1.807, 2.05) is 54.7 Å². The van der Waals surface area contributed by atoms with Gasteiger partial charge in [-0.25, -0.2) is 4.98 Å². The van der Waals surface area contributed by atoms with Crippen molar-refractivity contribution in [2.75, 3.05) is 0 Å². The van der Waals surface area contributed by atoms with Gasteiger partial charge in [-0.05, 0) is 35.9 Å². The molecule has 3 heteroatoms. The second-order valence-corrected chi connectivity index (χ2v) is 4.81. The Bertz CT molecular complexity index is 864. The maximum absolute atomic E-state index is 5.82. The average molecular weight is 272 g/mol. The zero-order valence-corrected chi connectivity index (χ0v) is 11.2. The Kier molecular flexibility index (Phi) is 2.75. The van der Waals surface area contributed by atoms with Crippen LogP contribution in [0.4, 0.5) is 0 Å². The van der Waals surface area contributed by atoms with Gasteiger partial charge in [-0.15, -0.1) is 0 Å². The molecule has 0 aliphatic rings. The molecule has 100 valence electrons. The third-order valence-corrected chi connectivity index (χ3v) is 3.40. The molecule has 0 saturated carbocycles. The fraction of sp³-hybridized carbons (Fsp3) is 0. The predicted octanol–water partition coefficient (Wildman–Crippen LogP) is 4.56. The molecule has 0 bridgehead atoms. The van der Waals surface area contributed by atoms with Crippen LogP contribution in [0.5, 0.6) is 0 Å². The lowest BCUT2D eigenvalue weighted by atomic mass is 10.0. The van der Waals surface area contributed by atoms with Gasteiger partial charge in [0.15, 0.2) is 5.58 Å². The van der Waals surface area contributed by atoms with E-state index >= 15 is 0 Å². The van der Waals surface area contributed by atoms with Crippen molar-refractivity contribution in [1.82, 2.24) is 9.97 Å². The summed E-state index contributed by atoms with van der Waals surface area (Å²) >= 11 is 0. The third-order valence-electron chi connectivity index (χ3n) is 3.40. The van der Waals surface area contributed by atoms with Crippen LogP contribution in [0.25, 0.3) is 33.7 Å². The predicted molar refractivity (Wildman–Crippen MR) is 82.7 cm³/mol. The zero-order chi connectivity index (χ0) is 14.1. The first-order valence-corrected chi connectivity index (χ1v) is 6.76. The molecule has 2 aromatic carbocycles. The molecule has 0 aliphatic carbocycles.